The van der Waals surface area contributed by atoms with Crippen LogP contribution >= 0.6 is 11.3 Å². The Bertz CT molecular complexity index is 855. The summed E-state index contributed by atoms with van der Waals surface area (Å²) in [5.74, 6) is 0.301. The molecule has 1 aliphatic rings. The Labute approximate surface area is 124 Å². The van der Waals surface area contributed by atoms with Crippen molar-refractivity contribution in [2.24, 2.45) is 5.73 Å². The number of ether oxygens (including phenoxy) is 1. The molecule has 3 rings (SSSR count). The van der Waals surface area contributed by atoms with Crippen molar-refractivity contribution in [1.82, 2.24) is 0 Å². The number of thiophene rings is 1. The molecule has 0 fully saturated rings. The highest BCUT2D eigenvalue weighted by Gasteiger charge is 2.35. The van der Waals surface area contributed by atoms with Crippen LogP contribution in [0.25, 0.3) is 0 Å². The van der Waals surface area contributed by atoms with Crippen LogP contribution in [0.3, 0.4) is 0 Å². The summed E-state index contributed by atoms with van der Waals surface area (Å²) in [4.78, 5) is 13.2. The van der Waals surface area contributed by atoms with Gasteiger partial charge in [0.15, 0.2) is 0 Å². The Morgan fingerprint density at radius 1 is 1.43 bits per heavy atom. The molecule has 21 heavy (non-hydrogen) atoms. The van der Waals surface area contributed by atoms with Gasteiger partial charge in [-0.05, 0) is 30.9 Å². The van der Waals surface area contributed by atoms with E-state index in [1.807, 2.05) is 18.4 Å². The zero-order chi connectivity index (χ0) is 15.1. The maximum Gasteiger partial charge on any atom is 0.343 e. The van der Waals surface area contributed by atoms with Gasteiger partial charge in [0.1, 0.15) is 23.2 Å². The van der Waals surface area contributed by atoms with Gasteiger partial charge in [-0.2, -0.15) is 5.26 Å². The SMILES string of the molecule is Cc1cc2c(c(=O)o1)[C@@H](c1sccc1C)C(C#N)=C(N)O2. The van der Waals surface area contributed by atoms with Gasteiger partial charge in [-0.15, -0.1) is 11.3 Å². The van der Waals surface area contributed by atoms with Crippen molar-refractivity contribution < 1.29 is 9.15 Å². The molecule has 0 saturated heterocycles. The molecule has 0 amide bonds. The number of allylic oxidation sites excluding steroid dienone is 1. The Hall–Kier alpha value is -2.52. The molecule has 0 spiro atoms. The van der Waals surface area contributed by atoms with Crippen LogP contribution in [0.1, 0.15) is 27.7 Å². The predicted octanol–water partition coefficient (Wildman–Crippen LogP) is 2.54. The standard InChI is InChI=1S/C15H12N2O3S/c1-7-3-4-21-13(7)11-9(6-16)14(17)20-10-5-8(2)19-15(18)12(10)11/h3-5,11H,17H2,1-2H3/t11-/m0/s1. The third-order valence-corrected chi connectivity index (χ3v) is 4.50. The van der Waals surface area contributed by atoms with Crippen LogP contribution < -0.4 is 16.1 Å². The van der Waals surface area contributed by atoms with E-state index in [0.29, 0.717) is 17.1 Å². The van der Waals surface area contributed by atoms with E-state index in [4.69, 9.17) is 14.9 Å². The molecule has 0 aliphatic carbocycles. The zero-order valence-corrected chi connectivity index (χ0v) is 12.3. The Balaban J connectivity index is 2.34. The summed E-state index contributed by atoms with van der Waals surface area (Å²) in [6.07, 6.45) is 0. The second-order valence-electron chi connectivity index (χ2n) is 4.82. The van der Waals surface area contributed by atoms with E-state index in [1.165, 1.54) is 11.3 Å². The van der Waals surface area contributed by atoms with E-state index in [-0.39, 0.29) is 11.5 Å². The lowest BCUT2D eigenvalue weighted by atomic mass is 9.88. The van der Waals surface area contributed by atoms with Gasteiger partial charge in [0, 0.05) is 10.9 Å². The highest BCUT2D eigenvalue weighted by Crippen LogP contribution is 2.43. The van der Waals surface area contributed by atoms with Crippen LogP contribution in [0, 0.1) is 25.2 Å². The largest absolute Gasteiger partial charge is 0.440 e. The number of nitrogens with two attached hydrogens (primary N) is 1. The molecule has 0 radical (unpaired) electrons. The lowest BCUT2D eigenvalue weighted by molar-refractivity contribution is 0.372. The predicted molar refractivity (Wildman–Crippen MR) is 78.1 cm³/mol. The van der Waals surface area contributed by atoms with E-state index in [9.17, 15) is 10.1 Å². The fraction of sp³-hybridized carbons (Fsp3) is 0.200. The van der Waals surface area contributed by atoms with Gasteiger partial charge in [-0.25, -0.2) is 4.79 Å². The Morgan fingerprint density at radius 2 is 2.19 bits per heavy atom. The molecular formula is C15H12N2O3S. The fourth-order valence-electron chi connectivity index (χ4n) is 2.46. The Morgan fingerprint density at radius 3 is 2.81 bits per heavy atom. The molecule has 0 saturated carbocycles. The van der Waals surface area contributed by atoms with Crippen molar-refractivity contribution in [3.63, 3.8) is 0 Å². The average molecular weight is 300 g/mol. The minimum Gasteiger partial charge on any atom is -0.440 e. The van der Waals surface area contributed by atoms with Gasteiger partial charge >= 0.3 is 5.63 Å². The molecule has 3 heterocycles. The summed E-state index contributed by atoms with van der Waals surface area (Å²) < 4.78 is 10.6. The van der Waals surface area contributed by atoms with E-state index in [2.05, 4.69) is 6.07 Å². The van der Waals surface area contributed by atoms with Crippen LogP contribution in [-0.4, -0.2) is 0 Å². The number of aryl methyl sites for hydroxylation is 2. The normalized spacial score (nSPS) is 17.1. The van der Waals surface area contributed by atoms with Gasteiger partial charge < -0.3 is 14.9 Å². The maximum absolute atomic E-state index is 12.3. The second-order valence-corrected chi connectivity index (χ2v) is 5.76. The van der Waals surface area contributed by atoms with Crippen LogP contribution in [0.5, 0.6) is 5.75 Å². The van der Waals surface area contributed by atoms with Crippen LogP contribution in [-0.2, 0) is 0 Å². The Kier molecular flexibility index (Phi) is 3.07. The third-order valence-electron chi connectivity index (χ3n) is 3.42. The van der Waals surface area contributed by atoms with Crippen molar-refractivity contribution in [2.75, 3.05) is 0 Å². The number of nitrogens with zero attached hydrogens (tertiary/aromatic N) is 1. The van der Waals surface area contributed by atoms with E-state index in [0.717, 1.165) is 10.4 Å². The smallest absolute Gasteiger partial charge is 0.343 e. The first-order valence-electron chi connectivity index (χ1n) is 6.29. The van der Waals surface area contributed by atoms with Crippen molar-refractivity contribution in [2.45, 2.75) is 19.8 Å². The second kappa shape index (κ2) is 4.79. The van der Waals surface area contributed by atoms with Crippen molar-refractivity contribution in [3.8, 4) is 11.8 Å². The first kappa shape index (κ1) is 13.5. The first-order valence-corrected chi connectivity index (χ1v) is 7.17. The van der Waals surface area contributed by atoms with Gasteiger partial charge in [0.25, 0.3) is 0 Å². The lowest BCUT2D eigenvalue weighted by Gasteiger charge is -2.24. The summed E-state index contributed by atoms with van der Waals surface area (Å²) in [6.45, 7) is 3.60. The molecule has 6 heteroatoms. The van der Waals surface area contributed by atoms with Crippen LogP contribution in [0.4, 0.5) is 0 Å². The maximum atomic E-state index is 12.3. The zero-order valence-electron chi connectivity index (χ0n) is 11.5. The third kappa shape index (κ3) is 2.03. The number of rotatable bonds is 1. The summed E-state index contributed by atoms with van der Waals surface area (Å²) >= 11 is 1.48. The highest BCUT2D eigenvalue weighted by molar-refractivity contribution is 7.10. The minimum atomic E-state index is -0.532. The van der Waals surface area contributed by atoms with Gasteiger partial charge in [-0.3, -0.25) is 0 Å². The average Bonchev–Trinajstić information content (AvgIpc) is 2.82. The quantitative estimate of drug-likeness (QED) is 0.874. The van der Waals surface area contributed by atoms with Gasteiger partial charge in [0.2, 0.25) is 5.88 Å². The first-order chi connectivity index (χ1) is 10.0. The minimum absolute atomic E-state index is 0.0350. The van der Waals surface area contributed by atoms with E-state index < -0.39 is 11.5 Å². The number of fused-ring (bicyclic) bond motifs is 1. The molecule has 106 valence electrons. The van der Waals surface area contributed by atoms with Crippen molar-refractivity contribution in [3.05, 3.63) is 61.2 Å². The fourth-order valence-corrected chi connectivity index (χ4v) is 3.50. The summed E-state index contributed by atoms with van der Waals surface area (Å²) in [6, 6.07) is 5.62. The molecule has 2 aromatic rings. The topological polar surface area (TPSA) is 89.2 Å². The number of nitriles is 1. The number of hydrogen-bond donors (Lipinski definition) is 1. The van der Waals surface area contributed by atoms with Gasteiger partial charge in [-0.1, -0.05) is 0 Å². The molecule has 1 aliphatic heterocycles. The van der Waals surface area contributed by atoms with E-state index >= 15 is 0 Å². The molecular weight excluding hydrogens is 288 g/mol. The number of hydrogen-bond acceptors (Lipinski definition) is 6. The summed E-state index contributed by atoms with van der Waals surface area (Å²) in [7, 11) is 0. The molecule has 1 atom stereocenters. The van der Waals surface area contributed by atoms with Crippen LogP contribution in [0.2, 0.25) is 0 Å². The van der Waals surface area contributed by atoms with Crippen molar-refractivity contribution >= 4 is 11.3 Å². The summed E-state index contributed by atoms with van der Waals surface area (Å²) in [5.41, 5.74) is 6.93. The van der Waals surface area contributed by atoms with E-state index in [1.54, 1.807) is 13.0 Å². The lowest BCUT2D eigenvalue weighted by Crippen LogP contribution is -2.26. The molecule has 5 nitrogen and oxygen atoms in total. The van der Waals surface area contributed by atoms with Crippen molar-refractivity contribution in [1.29, 1.82) is 5.26 Å². The molecule has 0 unspecified atom stereocenters. The molecule has 2 aromatic heterocycles. The monoisotopic (exact) mass is 300 g/mol. The van der Waals surface area contributed by atoms with Crippen LogP contribution in [0.15, 0.2) is 38.2 Å². The van der Waals surface area contributed by atoms with Gasteiger partial charge in [0.05, 0.1) is 11.5 Å². The highest BCUT2D eigenvalue weighted by atomic mass is 32.1. The summed E-state index contributed by atoms with van der Waals surface area (Å²) in [5, 5.41) is 11.3. The molecule has 2 N–H and O–H groups in total. The molecule has 0 bridgehead atoms. The molecule has 0 aromatic carbocycles.